The Balaban J connectivity index is 1.63. The maximum Gasteiger partial charge on any atom is 0.225 e. The standard InChI is InChI=1S/C21H22N4O/c1-3-7-17(8-4-1)16-22-21-23-19(18-9-5-2-6-10-18)15-20(24-21)25-11-13-26-14-12-25/h1-10,15H,11-14,16H2,(H,22,23,24). The van der Waals surface area contributed by atoms with E-state index in [2.05, 4.69) is 40.5 Å². The predicted octanol–water partition coefficient (Wildman–Crippen LogP) is 3.59. The highest BCUT2D eigenvalue weighted by Gasteiger charge is 2.15. The summed E-state index contributed by atoms with van der Waals surface area (Å²) in [5, 5.41) is 3.37. The van der Waals surface area contributed by atoms with E-state index in [9.17, 15) is 0 Å². The molecule has 5 nitrogen and oxygen atoms in total. The van der Waals surface area contributed by atoms with Crippen molar-refractivity contribution in [2.45, 2.75) is 6.54 Å². The van der Waals surface area contributed by atoms with Gasteiger partial charge in [-0.05, 0) is 5.56 Å². The summed E-state index contributed by atoms with van der Waals surface area (Å²) in [6, 6.07) is 22.6. The average Bonchev–Trinajstić information content (AvgIpc) is 2.74. The second-order valence-electron chi connectivity index (χ2n) is 6.24. The molecule has 1 aromatic heterocycles. The number of hydrogen-bond acceptors (Lipinski definition) is 5. The quantitative estimate of drug-likeness (QED) is 0.765. The molecule has 0 saturated carbocycles. The summed E-state index contributed by atoms with van der Waals surface area (Å²) in [4.78, 5) is 11.7. The smallest absolute Gasteiger partial charge is 0.225 e. The van der Waals surface area contributed by atoms with Crippen molar-refractivity contribution in [2.24, 2.45) is 0 Å². The summed E-state index contributed by atoms with van der Waals surface area (Å²) in [6.07, 6.45) is 0. The van der Waals surface area contributed by atoms with Crippen molar-refractivity contribution in [3.8, 4) is 11.3 Å². The van der Waals surface area contributed by atoms with Gasteiger partial charge in [0, 0.05) is 31.3 Å². The van der Waals surface area contributed by atoms with Crippen LogP contribution in [-0.2, 0) is 11.3 Å². The predicted molar refractivity (Wildman–Crippen MR) is 104 cm³/mol. The third kappa shape index (κ3) is 4.00. The molecule has 2 heterocycles. The highest BCUT2D eigenvalue weighted by atomic mass is 16.5. The molecule has 26 heavy (non-hydrogen) atoms. The van der Waals surface area contributed by atoms with E-state index < -0.39 is 0 Å². The van der Waals surface area contributed by atoms with E-state index in [0.29, 0.717) is 12.5 Å². The molecular weight excluding hydrogens is 324 g/mol. The fourth-order valence-corrected chi connectivity index (χ4v) is 3.00. The van der Waals surface area contributed by atoms with Gasteiger partial charge >= 0.3 is 0 Å². The van der Waals surface area contributed by atoms with Crippen molar-refractivity contribution >= 4 is 11.8 Å². The van der Waals surface area contributed by atoms with E-state index in [0.717, 1.165) is 43.4 Å². The van der Waals surface area contributed by atoms with Crippen LogP contribution in [0.1, 0.15) is 5.56 Å². The molecule has 3 aromatic rings. The molecule has 0 radical (unpaired) electrons. The van der Waals surface area contributed by atoms with Crippen molar-refractivity contribution in [2.75, 3.05) is 36.5 Å². The van der Waals surface area contributed by atoms with Gasteiger partial charge in [0.25, 0.3) is 0 Å². The molecular formula is C21H22N4O. The molecule has 132 valence electrons. The summed E-state index contributed by atoms with van der Waals surface area (Å²) in [7, 11) is 0. The Morgan fingerprint density at radius 2 is 1.58 bits per heavy atom. The second-order valence-corrected chi connectivity index (χ2v) is 6.24. The van der Waals surface area contributed by atoms with Crippen LogP contribution in [0.15, 0.2) is 66.7 Å². The molecule has 1 fully saturated rings. The van der Waals surface area contributed by atoms with Gasteiger partial charge in [-0.25, -0.2) is 4.98 Å². The molecule has 1 saturated heterocycles. The highest BCUT2D eigenvalue weighted by molar-refractivity contribution is 5.64. The Morgan fingerprint density at radius 3 is 2.31 bits per heavy atom. The number of nitrogens with zero attached hydrogens (tertiary/aromatic N) is 3. The van der Waals surface area contributed by atoms with Crippen molar-refractivity contribution in [1.29, 1.82) is 0 Å². The van der Waals surface area contributed by atoms with Crippen LogP contribution < -0.4 is 10.2 Å². The number of anilines is 2. The van der Waals surface area contributed by atoms with Crippen LogP contribution in [0.3, 0.4) is 0 Å². The minimum Gasteiger partial charge on any atom is -0.378 e. The fourth-order valence-electron chi connectivity index (χ4n) is 3.00. The van der Waals surface area contributed by atoms with E-state index in [1.165, 1.54) is 5.56 Å². The lowest BCUT2D eigenvalue weighted by Gasteiger charge is -2.28. The van der Waals surface area contributed by atoms with Gasteiger partial charge < -0.3 is 15.0 Å². The first-order valence-corrected chi connectivity index (χ1v) is 8.93. The Kier molecular flexibility index (Phi) is 5.07. The first kappa shape index (κ1) is 16.5. The number of ether oxygens (including phenoxy) is 1. The van der Waals surface area contributed by atoms with Crippen LogP contribution in [0.5, 0.6) is 0 Å². The van der Waals surface area contributed by atoms with Crippen LogP contribution in [0.2, 0.25) is 0 Å². The van der Waals surface area contributed by atoms with Crippen LogP contribution >= 0.6 is 0 Å². The van der Waals surface area contributed by atoms with Gasteiger partial charge in [0.1, 0.15) is 5.82 Å². The van der Waals surface area contributed by atoms with Gasteiger partial charge in [-0.15, -0.1) is 0 Å². The summed E-state index contributed by atoms with van der Waals surface area (Å²) >= 11 is 0. The van der Waals surface area contributed by atoms with E-state index in [-0.39, 0.29) is 0 Å². The molecule has 0 bridgehead atoms. The maximum atomic E-state index is 5.47. The normalized spacial score (nSPS) is 14.2. The Morgan fingerprint density at radius 1 is 0.885 bits per heavy atom. The summed E-state index contributed by atoms with van der Waals surface area (Å²) in [5.41, 5.74) is 3.22. The third-order valence-electron chi connectivity index (χ3n) is 4.41. The SMILES string of the molecule is c1ccc(CNc2nc(-c3ccccc3)cc(N3CCOCC3)n2)cc1. The molecule has 1 aliphatic heterocycles. The van der Waals surface area contributed by atoms with E-state index >= 15 is 0 Å². The number of benzene rings is 2. The zero-order valence-electron chi connectivity index (χ0n) is 14.6. The lowest BCUT2D eigenvalue weighted by Crippen LogP contribution is -2.36. The molecule has 0 spiro atoms. The summed E-state index contributed by atoms with van der Waals surface area (Å²) < 4.78 is 5.47. The first-order chi connectivity index (χ1) is 12.9. The van der Waals surface area contributed by atoms with Gasteiger partial charge in [0.05, 0.1) is 18.9 Å². The van der Waals surface area contributed by atoms with Crippen LogP contribution in [0, 0.1) is 0 Å². The van der Waals surface area contributed by atoms with Gasteiger partial charge in [-0.2, -0.15) is 4.98 Å². The molecule has 0 amide bonds. The van der Waals surface area contributed by atoms with Crippen molar-refractivity contribution < 1.29 is 4.74 Å². The van der Waals surface area contributed by atoms with Crippen molar-refractivity contribution in [3.63, 3.8) is 0 Å². The van der Waals surface area contributed by atoms with Crippen LogP contribution in [-0.4, -0.2) is 36.3 Å². The lowest BCUT2D eigenvalue weighted by molar-refractivity contribution is 0.122. The fraction of sp³-hybridized carbons (Fsp3) is 0.238. The number of rotatable bonds is 5. The van der Waals surface area contributed by atoms with E-state index in [1.807, 2.05) is 36.4 Å². The van der Waals surface area contributed by atoms with Crippen molar-refractivity contribution in [3.05, 3.63) is 72.3 Å². The summed E-state index contributed by atoms with van der Waals surface area (Å²) in [6.45, 7) is 3.86. The second kappa shape index (κ2) is 7.97. The Bertz CT molecular complexity index is 833. The Labute approximate surface area is 153 Å². The number of nitrogens with one attached hydrogen (secondary N) is 1. The minimum atomic E-state index is 0.650. The third-order valence-corrected chi connectivity index (χ3v) is 4.41. The molecule has 5 heteroatoms. The maximum absolute atomic E-state index is 5.47. The first-order valence-electron chi connectivity index (χ1n) is 8.93. The summed E-state index contributed by atoms with van der Waals surface area (Å²) in [5.74, 6) is 1.59. The van der Waals surface area contributed by atoms with Crippen LogP contribution in [0.25, 0.3) is 11.3 Å². The largest absolute Gasteiger partial charge is 0.378 e. The zero-order chi connectivity index (χ0) is 17.6. The number of hydrogen-bond donors (Lipinski definition) is 1. The van der Waals surface area contributed by atoms with Gasteiger partial charge in [-0.3, -0.25) is 0 Å². The lowest BCUT2D eigenvalue weighted by atomic mass is 10.1. The molecule has 1 aliphatic rings. The van der Waals surface area contributed by atoms with Gasteiger partial charge in [-0.1, -0.05) is 60.7 Å². The van der Waals surface area contributed by atoms with E-state index in [1.54, 1.807) is 0 Å². The molecule has 4 rings (SSSR count). The monoisotopic (exact) mass is 346 g/mol. The molecule has 1 N–H and O–H groups in total. The Hall–Kier alpha value is -2.92. The van der Waals surface area contributed by atoms with Gasteiger partial charge in [0.15, 0.2) is 0 Å². The number of morpholine rings is 1. The van der Waals surface area contributed by atoms with Crippen molar-refractivity contribution in [1.82, 2.24) is 9.97 Å². The minimum absolute atomic E-state index is 0.650. The topological polar surface area (TPSA) is 50.3 Å². The highest BCUT2D eigenvalue weighted by Crippen LogP contribution is 2.24. The average molecular weight is 346 g/mol. The molecule has 2 aromatic carbocycles. The zero-order valence-corrected chi connectivity index (χ0v) is 14.6. The number of aromatic nitrogens is 2. The molecule has 0 aliphatic carbocycles. The van der Waals surface area contributed by atoms with E-state index in [4.69, 9.17) is 14.7 Å². The molecule has 0 unspecified atom stereocenters. The molecule has 0 atom stereocenters. The van der Waals surface area contributed by atoms with Crippen LogP contribution in [0.4, 0.5) is 11.8 Å². The van der Waals surface area contributed by atoms with Gasteiger partial charge in [0.2, 0.25) is 5.95 Å².